The summed E-state index contributed by atoms with van der Waals surface area (Å²) in [5, 5.41) is 0.468. The molecule has 92 valence electrons. The van der Waals surface area contributed by atoms with E-state index >= 15 is 0 Å². The van der Waals surface area contributed by atoms with Crippen molar-refractivity contribution in [3.8, 4) is 11.5 Å². The number of amides is 1. The van der Waals surface area contributed by atoms with Crippen LogP contribution in [-0.4, -0.2) is 10.9 Å². The van der Waals surface area contributed by atoms with E-state index in [9.17, 15) is 4.79 Å². The highest BCUT2D eigenvalue weighted by Crippen LogP contribution is 2.31. The van der Waals surface area contributed by atoms with Gasteiger partial charge in [0.05, 0.1) is 5.02 Å². The summed E-state index contributed by atoms with van der Waals surface area (Å²) in [6, 6.07) is 8.31. The largest absolute Gasteiger partial charge is 0.456 e. The Morgan fingerprint density at radius 2 is 2.11 bits per heavy atom. The van der Waals surface area contributed by atoms with Crippen molar-refractivity contribution in [2.24, 2.45) is 5.73 Å². The number of hydrogen-bond donors (Lipinski definition) is 1. The summed E-state index contributed by atoms with van der Waals surface area (Å²) >= 11 is 9.32. The maximum Gasteiger partial charge on any atom is 0.267 e. The number of carbonyl (C=O) groups is 1. The van der Waals surface area contributed by atoms with Crippen LogP contribution in [0.1, 0.15) is 10.5 Å². The monoisotopic (exact) mass is 326 g/mol. The molecular formula is C12H8BrClN2O2. The number of rotatable bonds is 3. The van der Waals surface area contributed by atoms with E-state index in [1.807, 2.05) is 0 Å². The first-order valence-electron chi connectivity index (χ1n) is 4.95. The normalized spacial score (nSPS) is 10.1. The van der Waals surface area contributed by atoms with Crippen LogP contribution in [-0.2, 0) is 0 Å². The van der Waals surface area contributed by atoms with Gasteiger partial charge in [0.2, 0.25) is 0 Å². The molecule has 0 saturated carbocycles. The smallest absolute Gasteiger partial charge is 0.267 e. The third-order valence-corrected chi connectivity index (χ3v) is 2.91. The first-order valence-corrected chi connectivity index (χ1v) is 6.12. The molecule has 0 radical (unpaired) electrons. The maximum atomic E-state index is 11.0. The number of carbonyl (C=O) groups excluding carboxylic acids is 1. The Morgan fingerprint density at radius 1 is 1.33 bits per heavy atom. The standard InChI is InChI=1S/C12H8BrClN2O2/c13-7-1-2-9(14)11(5-7)18-8-3-4-16-10(6-8)12(15)17/h1-6H,(H2,15,17). The fraction of sp³-hybridized carbons (Fsp3) is 0. The highest BCUT2D eigenvalue weighted by Gasteiger charge is 2.07. The summed E-state index contributed by atoms with van der Waals surface area (Å²) in [7, 11) is 0. The Labute approximate surface area is 117 Å². The van der Waals surface area contributed by atoms with E-state index in [4.69, 9.17) is 22.1 Å². The van der Waals surface area contributed by atoms with Gasteiger partial charge in [-0.25, -0.2) is 0 Å². The molecule has 0 unspecified atom stereocenters. The quantitative estimate of drug-likeness (QED) is 0.939. The zero-order valence-corrected chi connectivity index (χ0v) is 11.4. The lowest BCUT2D eigenvalue weighted by Gasteiger charge is -2.08. The van der Waals surface area contributed by atoms with E-state index in [0.717, 1.165) is 4.47 Å². The van der Waals surface area contributed by atoms with Crippen LogP contribution in [0.4, 0.5) is 0 Å². The number of nitrogens with two attached hydrogens (primary N) is 1. The number of aromatic nitrogens is 1. The predicted molar refractivity (Wildman–Crippen MR) is 72.0 cm³/mol. The van der Waals surface area contributed by atoms with Crippen LogP contribution in [0.15, 0.2) is 41.0 Å². The molecular weight excluding hydrogens is 320 g/mol. The molecule has 2 rings (SSSR count). The van der Waals surface area contributed by atoms with Crippen molar-refractivity contribution in [2.45, 2.75) is 0 Å². The molecule has 0 atom stereocenters. The summed E-state index contributed by atoms with van der Waals surface area (Å²) < 4.78 is 6.41. The molecule has 1 aromatic heterocycles. The van der Waals surface area contributed by atoms with Gasteiger partial charge in [-0.1, -0.05) is 27.5 Å². The van der Waals surface area contributed by atoms with Crippen molar-refractivity contribution in [1.29, 1.82) is 0 Å². The minimum atomic E-state index is -0.610. The molecule has 1 heterocycles. The minimum Gasteiger partial charge on any atom is -0.456 e. The van der Waals surface area contributed by atoms with Gasteiger partial charge in [-0.3, -0.25) is 9.78 Å². The zero-order valence-electron chi connectivity index (χ0n) is 9.06. The third-order valence-electron chi connectivity index (χ3n) is 2.10. The molecule has 0 aliphatic rings. The number of pyridine rings is 1. The molecule has 18 heavy (non-hydrogen) atoms. The van der Waals surface area contributed by atoms with Crippen LogP contribution in [0, 0.1) is 0 Å². The van der Waals surface area contributed by atoms with Gasteiger partial charge in [-0.15, -0.1) is 0 Å². The Balaban J connectivity index is 2.31. The topological polar surface area (TPSA) is 65.2 Å². The number of ether oxygens (including phenoxy) is 1. The Kier molecular flexibility index (Phi) is 3.84. The van der Waals surface area contributed by atoms with Crippen LogP contribution in [0.5, 0.6) is 11.5 Å². The lowest BCUT2D eigenvalue weighted by molar-refractivity contribution is 0.0995. The van der Waals surface area contributed by atoms with Gasteiger partial charge in [0.15, 0.2) is 0 Å². The highest BCUT2D eigenvalue weighted by atomic mass is 79.9. The van der Waals surface area contributed by atoms with E-state index < -0.39 is 5.91 Å². The average molecular weight is 328 g/mol. The number of nitrogens with zero attached hydrogens (tertiary/aromatic N) is 1. The summed E-state index contributed by atoms with van der Waals surface area (Å²) in [5.74, 6) is 0.312. The lowest BCUT2D eigenvalue weighted by Crippen LogP contribution is -2.12. The molecule has 1 amide bonds. The minimum absolute atomic E-state index is 0.138. The second-order valence-corrected chi connectivity index (χ2v) is 4.74. The Hall–Kier alpha value is -1.59. The summed E-state index contributed by atoms with van der Waals surface area (Å²) in [4.78, 5) is 14.8. The second-order valence-electron chi connectivity index (χ2n) is 3.42. The zero-order chi connectivity index (χ0) is 13.1. The van der Waals surface area contributed by atoms with Gasteiger partial charge in [0.25, 0.3) is 5.91 Å². The number of benzene rings is 1. The van der Waals surface area contributed by atoms with Crippen molar-refractivity contribution in [3.63, 3.8) is 0 Å². The average Bonchev–Trinajstić information content (AvgIpc) is 2.34. The summed E-state index contributed by atoms with van der Waals surface area (Å²) in [6.45, 7) is 0. The van der Waals surface area contributed by atoms with E-state index in [-0.39, 0.29) is 5.69 Å². The molecule has 0 aliphatic heterocycles. The lowest BCUT2D eigenvalue weighted by atomic mass is 10.3. The summed E-state index contributed by atoms with van der Waals surface area (Å²) in [6.07, 6.45) is 1.45. The van der Waals surface area contributed by atoms with Crippen molar-refractivity contribution in [1.82, 2.24) is 4.98 Å². The fourth-order valence-electron chi connectivity index (χ4n) is 1.29. The van der Waals surface area contributed by atoms with E-state index in [2.05, 4.69) is 20.9 Å². The molecule has 1 aromatic carbocycles. The predicted octanol–water partition coefficient (Wildman–Crippen LogP) is 3.39. The van der Waals surface area contributed by atoms with Gasteiger partial charge in [0, 0.05) is 16.7 Å². The SMILES string of the molecule is NC(=O)c1cc(Oc2cc(Br)ccc2Cl)ccn1. The van der Waals surface area contributed by atoms with Gasteiger partial charge in [-0.2, -0.15) is 0 Å². The van der Waals surface area contributed by atoms with Crippen LogP contribution in [0.25, 0.3) is 0 Å². The van der Waals surface area contributed by atoms with Crippen LogP contribution in [0.3, 0.4) is 0 Å². The molecule has 0 saturated heterocycles. The molecule has 6 heteroatoms. The number of halogens is 2. The van der Waals surface area contributed by atoms with Crippen LogP contribution in [0.2, 0.25) is 5.02 Å². The van der Waals surface area contributed by atoms with Crippen LogP contribution >= 0.6 is 27.5 Å². The third kappa shape index (κ3) is 3.00. The van der Waals surface area contributed by atoms with Gasteiger partial charge in [0.1, 0.15) is 17.2 Å². The van der Waals surface area contributed by atoms with Gasteiger partial charge >= 0.3 is 0 Å². The second kappa shape index (κ2) is 5.37. The number of primary amides is 1. The van der Waals surface area contributed by atoms with Crippen molar-refractivity contribution < 1.29 is 9.53 Å². The molecule has 0 spiro atoms. The molecule has 0 aliphatic carbocycles. The molecule has 0 fully saturated rings. The van der Waals surface area contributed by atoms with E-state index in [1.54, 1.807) is 24.3 Å². The van der Waals surface area contributed by atoms with Gasteiger partial charge in [-0.05, 0) is 24.3 Å². The first kappa shape index (κ1) is 12.9. The molecule has 2 aromatic rings. The molecule has 4 nitrogen and oxygen atoms in total. The Bertz CT molecular complexity index is 604. The Morgan fingerprint density at radius 3 is 2.83 bits per heavy atom. The first-order chi connectivity index (χ1) is 8.56. The van der Waals surface area contributed by atoms with Crippen molar-refractivity contribution in [2.75, 3.05) is 0 Å². The molecule has 0 bridgehead atoms. The molecule has 2 N–H and O–H groups in total. The van der Waals surface area contributed by atoms with Crippen molar-refractivity contribution >= 4 is 33.4 Å². The maximum absolute atomic E-state index is 11.0. The highest BCUT2D eigenvalue weighted by molar-refractivity contribution is 9.10. The van der Waals surface area contributed by atoms with Gasteiger partial charge < -0.3 is 10.5 Å². The van der Waals surface area contributed by atoms with Crippen molar-refractivity contribution in [3.05, 3.63) is 51.7 Å². The van der Waals surface area contributed by atoms with E-state index in [1.165, 1.54) is 12.3 Å². The van der Waals surface area contributed by atoms with E-state index in [0.29, 0.717) is 16.5 Å². The number of hydrogen-bond acceptors (Lipinski definition) is 3. The summed E-state index contributed by atoms with van der Waals surface area (Å²) in [5.41, 5.74) is 5.28. The van der Waals surface area contributed by atoms with Crippen LogP contribution < -0.4 is 10.5 Å². The fourth-order valence-corrected chi connectivity index (χ4v) is 1.79.